The van der Waals surface area contributed by atoms with Gasteiger partial charge < -0.3 is 9.67 Å². The summed E-state index contributed by atoms with van der Waals surface area (Å²) in [5.41, 5.74) is -0.0471. The van der Waals surface area contributed by atoms with Crippen molar-refractivity contribution in [2.75, 3.05) is 19.6 Å². The first kappa shape index (κ1) is 13.9. The summed E-state index contributed by atoms with van der Waals surface area (Å²) in [6.07, 6.45) is 3.68. The van der Waals surface area contributed by atoms with Crippen molar-refractivity contribution in [1.82, 2.24) is 9.47 Å². The number of hydrogen-bond acceptors (Lipinski definition) is 3. The zero-order chi connectivity index (χ0) is 13.1. The van der Waals surface area contributed by atoms with Gasteiger partial charge in [0.25, 0.3) is 0 Å². The number of aromatic nitrogens is 1. The molecular weight excluding hydrogens is 216 g/mol. The second kappa shape index (κ2) is 5.47. The molecule has 0 aliphatic carbocycles. The quantitative estimate of drug-likeness (QED) is 0.760. The molecule has 4 heteroatoms. The Balaban J connectivity index is 2.60. The molecule has 0 aromatic carbocycles. The van der Waals surface area contributed by atoms with E-state index in [1.807, 2.05) is 41.9 Å². The Morgan fingerprint density at radius 2 is 2.18 bits per heavy atom. The van der Waals surface area contributed by atoms with Crippen LogP contribution in [0.15, 0.2) is 18.5 Å². The van der Waals surface area contributed by atoms with E-state index in [4.69, 9.17) is 0 Å². The van der Waals surface area contributed by atoms with Crippen molar-refractivity contribution < 1.29 is 9.90 Å². The number of carbonyl (C=O) groups is 1. The van der Waals surface area contributed by atoms with E-state index in [1.54, 1.807) is 13.8 Å². The van der Waals surface area contributed by atoms with Gasteiger partial charge in [-0.15, -0.1) is 0 Å². The maximum Gasteiger partial charge on any atom is 0.178 e. The molecule has 0 aliphatic rings. The second-order valence-corrected chi connectivity index (χ2v) is 5.10. The van der Waals surface area contributed by atoms with E-state index in [1.165, 1.54) is 0 Å². The van der Waals surface area contributed by atoms with Crippen LogP contribution in [0.2, 0.25) is 0 Å². The van der Waals surface area contributed by atoms with E-state index < -0.39 is 5.60 Å². The van der Waals surface area contributed by atoms with Crippen LogP contribution in [0, 0.1) is 0 Å². The number of aryl methyl sites for hydroxylation is 1. The lowest BCUT2D eigenvalue weighted by atomic mass is 10.1. The van der Waals surface area contributed by atoms with Crippen molar-refractivity contribution in [1.29, 1.82) is 0 Å². The van der Waals surface area contributed by atoms with E-state index in [2.05, 4.69) is 0 Å². The van der Waals surface area contributed by atoms with Gasteiger partial charge >= 0.3 is 0 Å². The summed E-state index contributed by atoms with van der Waals surface area (Å²) in [6, 6.07) is 1.82. The molecule has 0 atom stereocenters. The van der Waals surface area contributed by atoms with Gasteiger partial charge in [-0.05, 0) is 26.5 Å². The van der Waals surface area contributed by atoms with Gasteiger partial charge in [0.15, 0.2) is 5.78 Å². The number of Topliss-reactive ketones (excluding diaryl/α,β-unsaturated/α-hetero) is 1. The number of hydrogen-bond donors (Lipinski definition) is 1. The van der Waals surface area contributed by atoms with Gasteiger partial charge in [-0.25, -0.2) is 0 Å². The summed E-state index contributed by atoms with van der Waals surface area (Å²) in [4.78, 5) is 13.9. The Hall–Kier alpha value is -1.13. The molecule has 0 bridgehead atoms. The average Bonchev–Trinajstić information content (AvgIpc) is 2.61. The van der Waals surface area contributed by atoms with Gasteiger partial charge in [-0.3, -0.25) is 9.69 Å². The fourth-order valence-electron chi connectivity index (χ4n) is 1.79. The third-order valence-corrected chi connectivity index (χ3v) is 2.58. The lowest BCUT2D eigenvalue weighted by molar-refractivity contribution is 0.0376. The largest absolute Gasteiger partial charge is 0.389 e. The Morgan fingerprint density at radius 1 is 1.53 bits per heavy atom. The molecule has 1 heterocycles. The molecular formula is C13H22N2O2. The molecule has 0 amide bonds. The Labute approximate surface area is 103 Å². The SMILES string of the molecule is CCN(CC(=O)c1ccn(C)c1)CC(C)(C)O. The summed E-state index contributed by atoms with van der Waals surface area (Å²) in [7, 11) is 1.89. The molecule has 1 rings (SSSR count). The van der Waals surface area contributed by atoms with Crippen molar-refractivity contribution in [3.05, 3.63) is 24.0 Å². The zero-order valence-electron chi connectivity index (χ0n) is 11.1. The maximum absolute atomic E-state index is 12.0. The number of carbonyl (C=O) groups excluding carboxylic acids is 1. The zero-order valence-corrected chi connectivity index (χ0v) is 11.1. The predicted octanol–water partition coefficient (Wildman–Crippen LogP) is 1.30. The van der Waals surface area contributed by atoms with Crippen LogP contribution in [0.4, 0.5) is 0 Å². The van der Waals surface area contributed by atoms with Gasteiger partial charge in [-0.1, -0.05) is 6.92 Å². The van der Waals surface area contributed by atoms with Crippen molar-refractivity contribution in [3.63, 3.8) is 0 Å². The fraction of sp³-hybridized carbons (Fsp3) is 0.615. The predicted molar refractivity (Wildman–Crippen MR) is 68.2 cm³/mol. The minimum absolute atomic E-state index is 0.0942. The molecule has 0 fully saturated rings. The molecule has 0 saturated heterocycles. The molecule has 0 saturated carbocycles. The molecule has 17 heavy (non-hydrogen) atoms. The summed E-state index contributed by atoms with van der Waals surface area (Å²) in [5.74, 6) is 0.0942. The van der Waals surface area contributed by atoms with Gasteiger partial charge in [0, 0.05) is 31.5 Å². The molecule has 0 aliphatic heterocycles. The van der Waals surface area contributed by atoms with Crippen molar-refractivity contribution in [2.45, 2.75) is 26.4 Å². The number of nitrogens with zero attached hydrogens (tertiary/aromatic N) is 2. The molecule has 1 aromatic rings. The van der Waals surface area contributed by atoms with Crippen LogP contribution >= 0.6 is 0 Å². The Kier molecular flexibility index (Phi) is 4.48. The summed E-state index contributed by atoms with van der Waals surface area (Å²) < 4.78 is 1.86. The second-order valence-electron chi connectivity index (χ2n) is 5.10. The molecule has 1 N–H and O–H groups in total. The van der Waals surface area contributed by atoms with Crippen molar-refractivity contribution >= 4 is 5.78 Å². The van der Waals surface area contributed by atoms with E-state index in [0.717, 1.165) is 12.1 Å². The first-order valence-corrected chi connectivity index (χ1v) is 5.91. The Bertz CT molecular complexity index is 377. The van der Waals surface area contributed by atoms with Crippen LogP contribution < -0.4 is 0 Å². The van der Waals surface area contributed by atoms with E-state index in [9.17, 15) is 9.90 Å². The van der Waals surface area contributed by atoms with Crippen LogP contribution in [-0.2, 0) is 7.05 Å². The van der Waals surface area contributed by atoms with Gasteiger partial charge in [-0.2, -0.15) is 0 Å². The van der Waals surface area contributed by atoms with Crippen LogP contribution in [0.3, 0.4) is 0 Å². The van der Waals surface area contributed by atoms with Crippen LogP contribution in [0.1, 0.15) is 31.1 Å². The highest BCUT2D eigenvalue weighted by atomic mass is 16.3. The lowest BCUT2D eigenvalue weighted by Crippen LogP contribution is -2.41. The summed E-state index contributed by atoms with van der Waals surface area (Å²) >= 11 is 0. The fourth-order valence-corrected chi connectivity index (χ4v) is 1.79. The normalized spacial score (nSPS) is 12.1. The lowest BCUT2D eigenvalue weighted by Gasteiger charge is -2.27. The third-order valence-electron chi connectivity index (χ3n) is 2.58. The monoisotopic (exact) mass is 238 g/mol. The topological polar surface area (TPSA) is 45.5 Å². The molecule has 4 nitrogen and oxygen atoms in total. The van der Waals surface area contributed by atoms with Crippen molar-refractivity contribution in [3.8, 4) is 0 Å². The van der Waals surface area contributed by atoms with Crippen LogP contribution in [0.25, 0.3) is 0 Å². The minimum Gasteiger partial charge on any atom is -0.389 e. The van der Waals surface area contributed by atoms with E-state index >= 15 is 0 Å². The first-order valence-electron chi connectivity index (χ1n) is 5.91. The van der Waals surface area contributed by atoms with Crippen molar-refractivity contribution in [2.24, 2.45) is 7.05 Å². The molecule has 0 spiro atoms. The standard InChI is InChI=1S/C13H22N2O2/c1-5-15(10-13(2,3)17)9-12(16)11-6-7-14(4)8-11/h6-8,17H,5,9-10H2,1-4H3. The third kappa shape index (κ3) is 4.71. The van der Waals surface area contributed by atoms with Gasteiger partial charge in [0.1, 0.15) is 0 Å². The Morgan fingerprint density at radius 3 is 2.59 bits per heavy atom. The molecule has 0 unspecified atom stereocenters. The minimum atomic E-state index is -0.771. The van der Waals surface area contributed by atoms with Gasteiger partial charge in [0.2, 0.25) is 0 Å². The van der Waals surface area contributed by atoms with E-state index in [0.29, 0.717) is 13.1 Å². The number of likely N-dealkylation sites (N-methyl/N-ethyl adjacent to an activating group) is 1. The number of rotatable bonds is 6. The smallest absolute Gasteiger partial charge is 0.178 e. The van der Waals surface area contributed by atoms with E-state index in [-0.39, 0.29) is 5.78 Å². The summed E-state index contributed by atoms with van der Waals surface area (Å²) in [5, 5.41) is 9.75. The average molecular weight is 238 g/mol. The maximum atomic E-state index is 12.0. The van der Waals surface area contributed by atoms with Crippen LogP contribution in [-0.4, -0.2) is 45.6 Å². The summed E-state index contributed by atoms with van der Waals surface area (Å²) in [6.45, 7) is 7.10. The molecule has 96 valence electrons. The van der Waals surface area contributed by atoms with Crippen LogP contribution in [0.5, 0.6) is 0 Å². The molecule has 1 aromatic heterocycles. The highest BCUT2D eigenvalue weighted by Gasteiger charge is 2.19. The van der Waals surface area contributed by atoms with Gasteiger partial charge in [0.05, 0.1) is 12.1 Å². The first-order chi connectivity index (χ1) is 7.81. The number of ketones is 1. The number of aliphatic hydroxyl groups is 1. The molecule has 0 radical (unpaired) electrons. The highest BCUT2D eigenvalue weighted by Crippen LogP contribution is 2.07. The highest BCUT2D eigenvalue weighted by molar-refractivity contribution is 5.97.